The predicted molar refractivity (Wildman–Crippen MR) is 66.8 cm³/mol. The fraction of sp³-hybridized carbons (Fsp3) is 0.643. The van der Waals surface area contributed by atoms with Crippen molar-refractivity contribution in [1.29, 1.82) is 0 Å². The maximum absolute atomic E-state index is 8.90. The second kappa shape index (κ2) is 6.01. The highest BCUT2D eigenvalue weighted by Crippen LogP contribution is 2.29. The summed E-state index contributed by atoms with van der Waals surface area (Å²) in [4.78, 5) is 4.12. The van der Waals surface area contributed by atoms with Gasteiger partial charge in [0.25, 0.3) is 0 Å². The van der Waals surface area contributed by atoms with E-state index < -0.39 is 0 Å². The number of aliphatic hydroxyl groups excluding tert-OH is 1. The first-order valence-electron chi connectivity index (χ1n) is 6.54. The summed E-state index contributed by atoms with van der Waals surface area (Å²) < 4.78 is 5.90. The van der Waals surface area contributed by atoms with Crippen LogP contribution < -0.4 is 4.74 Å². The Hall–Kier alpha value is -1.09. The molecule has 0 radical (unpaired) electrons. The Morgan fingerprint density at radius 2 is 2.06 bits per heavy atom. The van der Waals surface area contributed by atoms with E-state index in [9.17, 15) is 0 Å². The molecule has 0 spiro atoms. The first-order chi connectivity index (χ1) is 8.31. The summed E-state index contributed by atoms with van der Waals surface area (Å²) in [5.41, 5.74) is 0.687. The van der Waals surface area contributed by atoms with Crippen LogP contribution in [-0.2, 0) is 6.61 Å². The van der Waals surface area contributed by atoms with Crippen molar-refractivity contribution in [2.75, 3.05) is 0 Å². The Labute approximate surface area is 103 Å². The topological polar surface area (TPSA) is 42.4 Å². The average molecular weight is 235 g/mol. The molecule has 1 aromatic heterocycles. The van der Waals surface area contributed by atoms with Crippen molar-refractivity contribution in [2.24, 2.45) is 5.92 Å². The Morgan fingerprint density at radius 3 is 2.59 bits per heavy atom. The van der Waals surface area contributed by atoms with E-state index in [-0.39, 0.29) is 6.61 Å². The molecule has 2 rings (SSSR count). The van der Waals surface area contributed by atoms with Gasteiger partial charge in [0.05, 0.1) is 24.6 Å². The molecule has 3 nitrogen and oxygen atoms in total. The molecule has 0 aromatic carbocycles. The van der Waals surface area contributed by atoms with Gasteiger partial charge >= 0.3 is 0 Å². The Morgan fingerprint density at radius 1 is 1.29 bits per heavy atom. The lowest BCUT2D eigenvalue weighted by atomic mass is 9.86. The third-order valence-corrected chi connectivity index (χ3v) is 3.63. The fourth-order valence-electron chi connectivity index (χ4n) is 2.42. The third kappa shape index (κ3) is 3.43. The molecule has 94 valence electrons. The van der Waals surface area contributed by atoms with Gasteiger partial charge in [-0.05, 0) is 43.7 Å². The first kappa shape index (κ1) is 12.4. The van der Waals surface area contributed by atoms with E-state index in [1.54, 1.807) is 6.20 Å². The average Bonchev–Trinajstić information content (AvgIpc) is 2.40. The molecular weight excluding hydrogens is 214 g/mol. The van der Waals surface area contributed by atoms with Crippen LogP contribution in [0.15, 0.2) is 18.3 Å². The molecule has 1 aliphatic carbocycles. The van der Waals surface area contributed by atoms with E-state index in [4.69, 9.17) is 9.84 Å². The van der Waals surface area contributed by atoms with Crippen molar-refractivity contribution in [1.82, 2.24) is 4.98 Å². The predicted octanol–water partition coefficient (Wildman–Crippen LogP) is 2.92. The van der Waals surface area contributed by atoms with Crippen LogP contribution in [0.1, 0.15) is 44.7 Å². The Bertz CT molecular complexity index is 329. The van der Waals surface area contributed by atoms with Crippen LogP contribution in [0.5, 0.6) is 5.75 Å². The number of pyridine rings is 1. The van der Waals surface area contributed by atoms with Gasteiger partial charge in [-0.2, -0.15) is 0 Å². The number of nitrogens with zero attached hydrogens (tertiary/aromatic N) is 1. The maximum Gasteiger partial charge on any atom is 0.138 e. The zero-order chi connectivity index (χ0) is 12.1. The number of rotatable bonds is 4. The van der Waals surface area contributed by atoms with E-state index in [1.807, 2.05) is 12.1 Å². The van der Waals surface area contributed by atoms with Crippen LogP contribution in [0.2, 0.25) is 0 Å². The summed E-state index contributed by atoms with van der Waals surface area (Å²) in [6.45, 7) is 2.26. The van der Waals surface area contributed by atoms with Gasteiger partial charge in [-0.25, -0.2) is 0 Å². The van der Waals surface area contributed by atoms with E-state index >= 15 is 0 Å². The van der Waals surface area contributed by atoms with Gasteiger partial charge in [0.2, 0.25) is 0 Å². The monoisotopic (exact) mass is 235 g/mol. The molecule has 1 heterocycles. The molecule has 3 heteroatoms. The normalized spacial score (nSPS) is 24.6. The molecule has 0 amide bonds. The van der Waals surface area contributed by atoms with Crippen molar-refractivity contribution in [2.45, 2.75) is 51.7 Å². The molecule has 1 aliphatic rings. The molecule has 17 heavy (non-hydrogen) atoms. The highest BCUT2D eigenvalue weighted by molar-refractivity contribution is 5.19. The summed E-state index contributed by atoms with van der Waals surface area (Å²) in [6.07, 6.45) is 8.21. The van der Waals surface area contributed by atoms with E-state index in [0.29, 0.717) is 11.8 Å². The number of aliphatic hydroxyl groups is 1. The molecule has 1 fully saturated rings. The number of hydrogen-bond donors (Lipinski definition) is 1. The Kier molecular flexibility index (Phi) is 4.37. The van der Waals surface area contributed by atoms with Gasteiger partial charge in [0.15, 0.2) is 0 Å². The summed E-state index contributed by atoms with van der Waals surface area (Å²) in [5.74, 6) is 1.71. The fourth-order valence-corrected chi connectivity index (χ4v) is 2.42. The van der Waals surface area contributed by atoms with Crippen molar-refractivity contribution >= 4 is 0 Å². The lowest BCUT2D eigenvalue weighted by Crippen LogP contribution is -2.23. The molecule has 0 saturated heterocycles. The molecule has 1 aromatic rings. The van der Waals surface area contributed by atoms with Gasteiger partial charge in [-0.15, -0.1) is 0 Å². The molecular formula is C14H21NO2. The largest absolute Gasteiger partial charge is 0.489 e. The summed E-state index contributed by atoms with van der Waals surface area (Å²) in [6, 6.07) is 3.71. The first-order valence-corrected chi connectivity index (χ1v) is 6.54. The zero-order valence-electron chi connectivity index (χ0n) is 10.4. The number of aromatic nitrogens is 1. The van der Waals surface area contributed by atoms with Crippen LogP contribution in [0.3, 0.4) is 0 Å². The van der Waals surface area contributed by atoms with Crippen molar-refractivity contribution in [3.63, 3.8) is 0 Å². The van der Waals surface area contributed by atoms with Crippen molar-refractivity contribution in [3.05, 3.63) is 24.0 Å². The Balaban J connectivity index is 1.84. The maximum atomic E-state index is 8.90. The lowest BCUT2D eigenvalue weighted by Gasteiger charge is -2.28. The SMILES string of the molecule is CCC1CCC(Oc2ccc(CO)nc2)CC1. The lowest BCUT2D eigenvalue weighted by molar-refractivity contribution is 0.129. The quantitative estimate of drug-likeness (QED) is 0.872. The molecule has 0 atom stereocenters. The molecule has 0 unspecified atom stereocenters. The number of hydrogen-bond acceptors (Lipinski definition) is 3. The van der Waals surface area contributed by atoms with Gasteiger partial charge in [-0.3, -0.25) is 4.98 Å². The molecule has 1 N–H and O–H groups in total. The van der Waals surface area contributed by atoms with Crippen LogP contribution >= 0.6 is 0 Å². The molecule has 1 saturated carbocycles. The third-order valence-electron chi connectivity index (χ3n) is 3.63. The smallest absolute Gasteiger partial charge is 0.138 e. The van der Waals surface area contributed by atoms with E-state index in [2.05, 4.69) is 11.9 Å². The minimum absolute atomic E-state index is 0.0120. The highest BCUT2D eigenvalue weighted by Gasteiger charge is 2.21. The van der Waals surface area contributed by atoms with Crippen molar-refractivity contribution < 1.29 is 9.84 Å². The summed E-state index contributed by atoms with van der Waals surface area (Å²) in [7, 11) is 0. The van der Waals surface area contributed by atoms with Gasteiger partial charge in [-0.1, -0.05) is 13.3 Å². The van der Waals surface area contributed by atoms with Crippen LogP contribution in [0, 0.1) is 5.92 Å². The minimum Gasteiger partial charge on any atom is -0.489 e. The van der Waals surface area contributed by atoms with Gasteiger partial charge in [0, 0.05) is 0 Å². The van der Waals surface area contributed by atoms with E-state index in [1.165, 1.54) is 19.3 Å². The number of ether oxygens (including phenoxy) is 1. The standard InChI is InChI=1S/C14H21NO2/c1-2-11-3-6-13(7-4-11)17-14-8-5-12(10-16)15-9-14/h5,8-9,11,13,16H,2-4,6-7,10H2,1H3. The summed E-state index contributed by atoms with van der Waals surface area (Å²) in [5, 5.41) is 8.90. The molecule has 0 bridgehead atoms. The van der Waals surface area contributed by atoms with Crippen molar-refractivity contribution in [3.8, 4) is 5.75 Å². The van der Waals surface area contributed by atoms with Crippen LogP contribution in [-0.4, -0.2) is 16.2 Å². The molecule has 0 aliphatic heterocycles. The van der Waals surface area contributed by atoms with Crippen LogP contribution in [0.25, 0.3) is 0 Å². The van der Waals surface area contributed by atoms with Gasteiger partial charge < -0.3 is 9.84 Å². The van der Waals surface area contributed by atoms with E-state index in [0.717, 1.165) is 24.5 Å². The second-order valence-corrected chi connectivity index (χ2v) is 4.81. The van der Waals surface area contributed by atoms with Crippen LogP contribution in [0.4, 0.5) is 0 Å². The summed E-state index contributed by atoms with van der Waals surface area (Å²) >= 11 is 0. The van der Waals surface area contributed by atoms with Gasteiger partial charge in [0.1, 0.15) is 5.75 Å². The highest BCUT2D eigenvalue weighted by atomic mass is 16.5. The zero-order valence-corrected chi connectivity index (χ0v) is 10.4. The second-order valence-electron chi connectivity index (χ2n) is 4.81. The minimum atomic E-state index is -0.0120.